The molecule has 2 aliphatic rings. The van der Waals surface area contributed by atoms with E-state index in [4.69, 9.17) is 0 Å². The number of aliphatic imine (C=N–C) groups is 1. The van der Waals surface area contributed by atoms with E-state index < -0.39 is 0 Å². The maximum atomic E-state index is 4.47. The molecular weight excluding hydrogens is 519 g/mol. The lowest BCUT2D eigenvalue weighted by atomic mass is 9.73. The van der Waals surface area contributed by atoms with Gasteiger partial charge in [0.1, 0.15) is 11.6 Å². The molecule has 2 aromatic heterocycles. The van der Waals surface area contributed by atoms with Crippen molar-refractivity contribution in [2.45, 2.75) is 82.6 Å². The Morgan fingerprint density at radius 3 is 2.74 bits per heavy atom. The van der Waals surface area contributed by atoms with Crippen LogP contribution in [0.1, 0.15) is 74.3 Å². The number of aromatic nitrogens is 3. The van der Waals surface area contributed by atoms with Gasteiger partial charge in [-0.1, -0.05) is 31.7 Å². The zero-order valence-corrected chi connectivity index (χ0v) is 21.9. The molecule has 1 aliphatic heterocycles. The highest BCUT2D eigenvalue weighted by Gasteiger charge is 2.34. The van der Waals surface area contributed by atoms with E-state index in [2.05, 4.69) is 47.9 Å². The van der Waals surface area contributed by atoms with Crippen LogP contribution >= 0.6 is 35.3 Å². The fraction of sp³-hybridized carbons (Fsp3) is 0.696. The molecule has 0 radical (unpaired) electrons. The summed E-state index contributed by atoms with van der Waals surface area (Å²) in [5.74, 6) is 3.24. The Bertz CT molecular complexity index is 810. The summed E-state index contributed by atoms with van der Waals surface area (Å²) >= 11 is 1.90. The number of hydrogen-bond donors (Lipinski definition) is 2. The molecule has 0 spiro atoms. The van der Waals surface area contributed by atoms with Crippen molar-refractivity contribution in [3.8, 4) is 0 Å². The number of hydrogen-bond acceptors (Lipinski definition) is 4. The van der Waals surface area contributed by atoms with E-state index >= 15 is 0 Å². The van der Waals surface area contributed by atoms with Gasteiger partial charge in [0.25, 0.3) is 0 Å². The number of guanidine groups is 1. The number of thiophene rings is 1. The van der Waals surface area contributed by atoms with Gasteiger partial charge in [0, 0.05) is 49.8 Å². The second kappa shape index (κ2) is 12.2. The first-order chi connectivity index (χ1) is 14.8. The zero-order valence-electron chi connectivity index (χ0n) is 18.7. The lowest BCUT2D eigenvalue weighted by molar-refractivity contribution is 0.296. The van der Waals surface area contributed by atoms with Crippen LogP contribution in [0.3, 0.4) is 0 Å². The van der Waals surface area contributed by atoms with Crippen molar-refractivity contribution in [3.63, 3.8) is 0 Å². The minimum Gasteiger partial charge on any atom is -0.356 e. The molecule has 0 amide bonds. The van der Waals surface area contributed by atoms with Gasteiger partial charge in [0.2, 0.25) is 0 Å². The fourth-order valence-electron chi connectivity index (χ4n) is 4.98. The van der Waals surface area contributed by atoms with E-state index in [0.717, 1.165) is 50.7 Å². The summed E-state index contributed by atoms with van der Waals surface area (Å²) in [6.07, 6.45) is 13.5. The van der Waals surface area contributed by atoms with Crippen LogP contribution in [-0.4, -0.2) is 40.9 Å². The van der Waals surface area contributed by atoms with Gasteiger partial charge in [-0.2, -0.15) is 0 Å². The number of aryl methyl sites for hydroxylation is 2. The molecule has 0 atom stereocenters. The molecule has 2 N–H and O–H groups in total. The topological polar surface area (TPSA) is 67.1 Å². The molecule has 172 valence electrons. The molecular formula is C23H37IN6S. The van der Waals surface area contributed by atoms with Crippen molar-refractivity contribution < 1.29 is 0 Å². The van der Waals surface area contributed by atoms with E-state index in [0.29, 0.717) is 0 Å². The molecule has 0 aromatic carbocycles. The standard InChI is InChI=1S/C23H36N6S.HI/c1-24-22(26-18-23(13-5-3-6-14-23)19-10-9-17-30-19)25-15-8-12-21-28-27-20-11-4-2-7-16-29(20)21;/h9-10,17H,2-8,11-16,18H2,1H3,(H2,24,25,26);1H. The first-order valence-electron chi connectivity index (χ1n) is 11.7. The maximum Gasteiger partial charge on any atom is 0.191 e. The highest BCUT2D eigenvalue weighted by Crippen LogP contribution is 2.41. The molecule has 0 unspecified atom stereocenters. The van der Waals surface area contributed by atoms with E-state index in [1.54, 1.807) is 0 Å². The van der Waals surface area contributed by atoms with E-state index in [-0.39, 0.29) is 29.4 Å². The van der Waals surface area contributed by atoms with Crippen molar-refractivity contribution in [3.05, 3.63) is 34.0 Å². The SMILES string of the molecule is CN=C(NCCCc1nnc2n1CCCCC2)NCC1(c2cccs2)CCCCC1.I. The van der Waals surface area contributed by atoms with E-state index in [1.807, 2.05) is 18.4 Å². The molecule has 3 heterocycles. The van der Waals surface area contributed by atoms with Crippen LogP contribution in [0.5, 0.6) is 0 Å². The van der Waals surface area contributed by atoms with E-state index in [9.17, 15) is 0 Å². The molecule has 6 nitrogen and oxygen atoms in total. The summed E-state index contributed by atoms with van der Waals surface area (Å²) in [6, 6.07) is 4.50. The van der Waals surface area contributed by atoms with Crippen molar-refractivity contribution in [2.75, 3.05) is 20.1 Å². The molecule has 1 aliphatic carbocycles. The second-order valence-electron chi connectivity index (χ2n) is 8.77. The highest BCUT2D eigenvalue weighted by molar-refractivity contribution is 14.0. The summed E-state index contributed by atoms with van der Waals surface area (Å²) < 4.78 is 2.36. The minimum atomic E-state index is 0. The van der Waals surface area contributed by atoms with Crippen molar-refractivity contribution in [1.82, 2.24) is 25.4 Å². The van der Waals surface area contributed by atoms with Crippen LogP contribution in [0, 0.1) is 0 Å². The first kappa shape index (κ1) is 24.5. The van der Waals surface area contributed by atoms with Crippen molar-refractivity contribution in [2.24, 2.45) is 4.99 Å². The smallest absolute Gasteiger partial charge is 0.191 e. The largest absolute Gasteiger partial charge is 0.356 e. The van der Waals surface area contributed by atoms with Gasteiger partial charge in [-0.05, 0) is 43.6 Å². The predicted molar refractivity (Wildman–Crippen MR) is 140 cm³/mol. The van der Waals surface area contributed by atoms with Crippen LogP contribution in [0.2, 0.25) is 0 Å². The lowest BCUT2D eigenvalue weighted by Crippen LogP contribution is -2.46. The Kier molecular flexibility index (Phi) is 9.62. The minimum absolute atomic E-state index is 0. The van der Waals surface area contributed by atoms with Gasteiger partial charge in [-0.3, -0.25) is 4.99 Å². The lowest BCUT2D eigenvalue weighted by Gasteiger charge is -2.37. The number of nitrogens with zero attached hydrogens (tertiary/aromatic N) is 4. The van der Waals surface area contributed by atoms with Crippen molar-refractivity contribution >= 4 is 41.3 Å². The average Bonchev–Trinajstić information content (AvgIpc) is 3.40. The van der Waals surface area contributed by atoms with Gasteiger partial charge in [0.15, 0.2) is 5.96 Å². The van der Waals surface area contributed by atoms with Crippen LogP contribution in [-0.2, 0) is 24.8 Å². The summed E-state index contributed by atoms with van der Waals surface area (Å²) in [5.41, 5.74) is 0.267. The summed E-state index contributed by atoms with van der Waals surface area (Å²) in [6.45, 7) is 2.94. The number of nitrogens with one attached hydrogen (secondary N) is 2. The van der Waals surface area contributed by atoms with Gasteiger partial charge in [-0.25, -0.2) is 0 Å². The van der Waals surface area contributed by atoms with Gasteiger partial charge in [-0.15, -0.1) is 45.5 Å². The van der Waals surface area contributed by atoms with Crippen LogP contribution in [0.25, 0.3) is 0 Å². The second-order valence-corrected chi connectivity index (χ2v) is 9.72. The first-order valence-corrected chi connectivity index (χ1v) is 12.6. The average molecular weight is 557 g/mol. The van der Waals surface area contributed by atoms with E-state index in [1.165, 1.54) is 62.1 Å². The molecule has 0 bridgehead atoms. The van der Waals surface area contributed by atoms with Gasteiger partial charge >= 0.3 is 0 Å². The van der Waals surface area contributed by atoms with Crippen LogP contribution < -0.4 is 10.6 Å². The van der Waals surface area contributed by atoms with Gasteiger partial charge < -0.3 is 15.2 Å². The molecule has 4 rings (SSSR count). The number of fused-ring (bicyclic) bond motifs is 1. The third-order valence-electron chi connectivity index (χ3n) is 6.73. The third kappa shape index (κ3) is 6.21. The van der Waals surface area contributed by atoms with Gasteiger partial charge in [0.05, 0.1) is 0 Å². The van der Waals surface area contributed by atoms with Crippen LogP contribution in [0.15, 0.2) is 22.5 Å². The maximum absolute atomic E-state index is 4.47. The molecule has 1 fully saturated rings. The monoisotopic (exact) mass is 556 g/mol. The van der Waals surface area contributed by atoms with Crippen LogP contribution in [0.4, 0.5) is 0 Å². The molecule has 1 saturated carbocycles. The summed E-state index contributed by atoms with van der Waals surface area (Å²) in [4.78, 5) is 5.99. The normalized spacial score (nSPS) is 18.5. The summed E-state index contributed by atoms with van der Waals surface area (Å²) in [5, 5.41) is 18.2. The highest BCUT2D eigenvalue weighted by atomic mass is 127. The van der Waals surface area contributed by atoms with Crippen molar-refractivity contribution in [1.29, 1.82) is 0 Å². The number of rotatable bonds is 7. The Morgan fingerprint density at radius 1 is 1.13 bits per heavy atom. The predicted octanol–water partition coefficient (Wildman–Crippen LogP) is 4.68. The quantitative estimate of drug-likeness (QED) is 0.225. The Morgan fingerprint density at radius 2 is 1.97 bits per heavy atom. The zero-order chi connectivity index (χ0) is 20.7. The fourth-order valence-corrected chi connectivity index (χ4v) is 5.96. The third-order valence-corrected chi connectivity index (χ3v) is 7.84. The Balaban J connectivity index is 0.00000272. The number of halogens is 1. The molecule has 31 heavy (non-hydrogen) atoms. The molecule has 0 saturated heterocycles. The molecule has 8 heteroatoms. The summed E-state index contributed by atoms with van der Waals surface area (Å²) in [7, 11) is 1.87. The molecule has 2 aromatic rings. The Labute approximate surface area is 207 Å². The Hall–Kier alpha value is -1.16.